The molecule has 2 heterocycles. The van der Waals surface area contributed by atoms with E-state index in [2.05, 4.69) is 4.72 Å². The molecule has 0 radical (unpaired) electrons. The summed E-state index contributed by atoms with van der Waals surface area (Å²) >= 11 is 0. The summed E-state index contributed by atoms with van der Waals surface area (Å²) in [6, 6.07) is 6.08. The number of benzene rings is 1. The molecule has 1 aromatic carbocycles. The highest BCUT2D eigenvalue weighted by molar-refractivity contribution is 7.89. The second-order valence-electron chi connectivity index (χ2n) is 6.65. The zero-order chi connectivity index (χ0) is 17.9. The van der Waals surface area contributed by atoms with Crippen molar-refractivity contribution in [3.05, 3.63) is 29.8 Å². The number of carbonyl (C=O) groups excluding carboxylic acids is 1. The van der Waals surface area contributed by atoms with Crippen molar-refractivity contribution in [1.82, 2.24) is 9.62 Å². The van der Waals surface area contributed by atoms with Crippen LogP contribution in [0.25, 0.3) is 0 Å². The molecule has 2 saturated heterocycles. The molecule has 2 atom stereocenters. The van der Waals surface area contributed by atoms with E-state index < -0.39 is 10.0 Å². The van der Waals surface area contributed by atoms with E-state index in [0.717, 1.165) is 19.3 Å². The van der Waals surface area contributed by atoms with Crippen molar-refractivity contribution >= 4 is 28.3 Å². The molecule has 0 spiro atoms. The normalized spacial score (nSPS) is 23.0. The van der Waals surface area contributed by atoms with Gasteiger partial charge in [0.15, 0.2) is 0 Å². The number of sulfonamides is 1. The van der Waals surface area contributed by atoms with Crippen molar-refractivity contribution in [3.8, 4) is 0 Å². The van der Waals surface area contributed by atoms with E-state index in [1.165, 1.54) is 12.1 Å². The Morgan fingerprint density at radius 3 is 2.58 bits per heavy atom. The molecule has 1 aromatic rings. The molecule has 3 rings (SSSR count). The van der Waals surface area contributed by atoms with Crippen LogP contribution in [0, 0.1) is 5.92 Å². The fourth-order valence-corrected chi connectivity index (χ4v) is 4.33. The van der Waals surface area contributed by atoms with E-state index >= 15 is 0 Å². The third kappa shape index (κ3) is 4.95. The second-order valence-corrected chi connectivity index (χ2v) is 8.42. The fourth-order valence-electron chi connectivity index (χ4n) is 3.26. The molecule has 1 amide bonds. The Bertz CT molecular complexity index is 705. The summed E-state index contributed by atoms with van der Waals surface area (Å²) in [6.45, 7) is 2.90. The highest BCUT2D eigenvalue weighted by atomic mass is 35.5. The molecule has 146 valence electrons. The Morgan fingerprint density at radius 1 is 1.27 bits per heavy atom. The van der Waals surface area contributed by atoms with Crippen molar-refractivity contribution in [1.29, 1.82) is 0 Å². The van der Waals surface area contributed by atoms with E-state index in [1.54, 1.807) is 17.0 Å². The third-order valence-electron chi connectivity index (χ3n) is 4.84. The Kier molecular flexibility index (Phi) is 7.42. The number of amides is 1. The lowest BCUT2D eigenvalue weighted by atomic mass is 10.1. The third-order valence-corrected chi connectivity index (χ3v) is 6.28. The molecule has 2 unspecified atom stereocenters. The molecule has 0 aromatic heterocycles. The summed E-state index contributed by atoms with van der Waals surface area (Å²) < 4.78 is 32.7. The fraction of sp³-hybridized carbons (Fsp3) is 0.588. The predicted octanol–water partition coefficient (Wildman–Crippen LogP) is 0.986. The number of hydrogen-bond donors (Lipinski definition) is 2. The van der Waals surface area contributed by atoms with Gasteiger partial charge < -0.3 is 15.4 Å². The van der Waals surface area contributed by atoms with Crippen LogP contribution >= 0.6 is 12.4 Å². The van der Waals surface area contributed by atoms with Gasteiger partial charge in [0.05, 0.1) is 11.0 Å². The predicted molar refractivity (Wildman–Crippen MR) is 101 cm³/mol. The molecule has 9 heteroatoms. The highest BCUT2D eigenvalue weighted by Crippen LogP contribution is 2.19. The number of carbonyl (C=O) groups is 1. The lowest BCUT2D eigenvalue weighted by Crippen LogP contribution is -2.32. The van der Waals surface area contributed by atoms with Crippen LogP contribution in [0.1, 0.15) is 29.6 Å². The number of nitrogens with two attached hydrogens (primary N) is 1. The zero-order valence-corrected chi connectivity index (χ0v) is 16.2. The summed E-state index contributed by atoms with van der Waals surface area (Å²) in [5.74, 6) is 0.276. The van der Waals surface area contributed by atoms with Crippen LogP contribution in [-0.2, 0) is 14.8 Å². The van der Waals surface area contributed by atoms with Gasteiger partial charge in [-0.1, -0.05) is 0 Å². The summed E-state index contributed by atoms with van der Waals surface area (Å²) in [6.07, 6.45) is 2.70. The van der Waals surface area contributed by atoms with Gasteiger partial charge in [-0.25, -0.2) is 13.1 Å². The van der Waals surface area contributed by atoms with Crippen molar-refractivity contribution in [2.45, 2.75) is 30.3 Å². The second kappa shape index (κ2) is 9.14. The maximum Gasteiger partial charge on any atom is 0.253 e. The smallest absolute Gasteiger partial charge is 0.253 e. The molecule has 26 heavy (non-hydrogen) atoms. The van der Waals surface area contributed by atoms with Crippen LogP contribution in [-0.4, -0.2) is 58.1 Å². The first-order chi connectivity index (χ1) is 12.0. The van der Waals surface area contributed by atoms with E-state index in [9.17, 15) is 13.2 Å². The quantitative estimate of drug-likeness (QED) is 0.737. The zero-order valence-electron chi connectivity index (χ0n) is 14.6. The molecular weight excluding hydrogens is 378 g/mol. The number of ether oxygens (including phenoxy) is 1. The molecule has 0 saturated carbocycles. The summed E-state index contributed by atoms with van der Waals surface area (Å²) in [5, 5.41) is 0. The molecular formula is C17H26ClN3O4S. The number of rotatable bonds is 6. The molecule has 0 aliphatic carbocycles. The topological polar surface area (TPSA) is 102 Å². The lowest BCUT2D eigenvalue weighted by Gasteiger charge is -2.16. The van der Waals surface area contributed by atoms with Gasteiger partial charge in [0.1, 0.15) is 0 Å². The van der Waals surface area contributed by atoms with Gasteiger partial charge in [0.25, 0.3) is 5.91 Å². The van der Waals surface area contributed by atoms with E-state index in [4.69, 9.17) is 10.5 Å². The van der Waals surface area contributed by atoms with Gasteiger partial charge in [-0.05, 0) is 56.0 Å². The first-order valence-corrected chi connectivity index (χ1v) is 10.2. The SMILES string of the molecule is Cl.NCC1CCN(C(=O)c2ccc(S(=O)(=O)NCC3CCCO3)cc2)C1. The Balaban J connectivity index is 0.00000243. The Hall–Kier alpha value is -1.19. The Labute approximate surface area is 160 Å². The maximum atomic E-state index is 12.5. The minimum atomic E-state index is -3.59. The van der Waals surface area contributed by atoms with E-state index in [-0.39, 0.29) is 35.9 Å². The van der Waals surface area contributed by atoms with Crippen LogP contribution in [0.15, 0.2) is 29.2 Å². The van der Waals surface area contributed by atoms with Gasteiger partial charge in [0, 0.05) is 31.8 Å². The molecule has 3 N–H and O–H groups in total. The van der Waals surface area contributed by atoms with Crippen LogP contribution in [0.2, 0.25) is 0 Å². The van der Waals surface area contributed by atoms with E-state index in [0.29, 0.717) is 37.7 Å². The van der Waals surface area contributed by atoms with Crippen molar-refractivity contribution in [2.75, 3.05) is 32.8 Å². The molecule has 2 aliphatic heterocycles. The monoisotopic (exact) mass is 403 g/mol. The van der Waals surface area contributed by atoms with Crippen molar-refractivity contribution < 1.29 is 17.9 Å². The molecule has 2 fully saturated rings. The van der Waals surface area contributed by atoms with Crippen LogP contribution < -0.4 is 10.5 Å². The summed E-state index contributed by atoms with van der Waals surface area (Å²) in [7, 11) is -3.59. The molecule has 2 aliphatic rings. The number of nitrogens with zero attached hydrogens (tertiary/aromatic N) is 1. The Morgan fingerprint density at radius 2 is 2.00 bits per heavy atom. The standard InChI is InChI=1S/C17H25N3O4S.ClH/c18-10-13-7-8-20(12-13)17(21)14-3-5-16(6-4-14)25(22,23)19-11-15-2-1-9-24-15;/h3-6,13,15,19H,1-2,7-12,18H2;1H. The highest BCUT2D eigenvalue weighted by Gasteiger charge is 2.26. The molecule has 0 bridgehead atoms. The average Bonchev–Trinajstić information content (AvgIpc) is 3.31. The van der Waals surface area contributed by atoms with Gasteiger partial charge in [0.2, 0.25) is 10.0 Å². The number of likely N-dealkylation sites (tertiary alicyclic amines) is 1. The van der Waals surface area contributed by atoms with Gasteiger partial charge in [-0.2, -0.15) is 0 Å². The van der Waals surface area contributed by atoms with Gasteiger partial charge >= 0.3 is 0 Å². The van der Waals surface area contributed by atoms with Crippen molar-refractivity contribution in [2.24, 2.45) is 11.7 Å². The lowest BCUT2D eigenvalue weighted by molar-refractivity contribution is 0.0787. The molecule has 7 nitrogen and oxygen atoms in total. The summed E-state index contributed by atoms with van der Waals surface area (Å²) in [5.41, 5.74) is 6.15. The summed E-state index contributed by atoms with van der Waals surface area (Å²) in [4.78, 5) is 14.4. The largest absolute Gasteiger partial charge is 0.377 e. The number of hydrogen-bond acceptors (Lipinski definition) is 5. The van der Waals surface area contributed by atoms with Crippen LogP contribution in [0.3, 0.4) is 0 Å². The first kappa shape index (κ1) is 21.1. The minimum Gasteiger partial charge on any atom is -0.377 e. The van der Waals surface area contributed by atoms with Crippen LogP contribution in [0.4, 0.5) is 0 Å². The van der Waals surface area contributed by atoms with Gasteiger partial charge in [-0.3, -0.25) is 4.79 Å². The van der Waals surface area contributed by atoms with Crippen LogP contribution in [0.5, 0.6) is 0 Å². The maximum absolute atomic E-state index is 12.5. The first-order valence-electron chi connectivity index (χ1n) is 8.70. The van der Waals surface area contributed by atoms with Crippen molar-refractivity contribution in [3.63, 3.8) is 0 Å². The van der Waals surface area contributed by atoms with E-state index in [1.807, 2.05) is 0 Å². The minimum absolute atomic E-state index is 0. The van der Waals surface area contributed by atoms with Gasteiger partial charge in [-0.15, -0.1) is 12.4 Å². The average molecular weight is 404 g/mol. The number of nitrogens with one attached hydrogen (secondary N) is 1. The number of halogens is 1.